The molecule has 2 fully saturated rings. The van der Waals surface area contributed by atoms with Gasteiger partial charge in [0.1, 0.15) is 5.82 Å². The third-order valence-corrected chi connectivity index (χ3v) is 5.16. The number of carbonyl (C=O) groups is 3. The number of ether oxygens (including phenoxy) is 1. The molecule has 1 atom stereocenters. The molecule has 2 amide bonds. The van der Waals surface area contributed by atoms with Crippen LogP contribution in [0.5, 0.6) is 0 Å². The lowest BCUT2D eigenvalue weighted by Gasteiger charge is -2.33. The van der Waals surface area contributed by atoms with Crippen molar-refractivity contribution in [1.82, 2.24) is 4.90 Å². The van der Waals surface area contributed by atoms with Crippen LogP contribution in [0.1, 0.15) is 26.2 Å². The van der Waals surface area contributed by atoms with Gasteiger partial charge < -0.3 is 4.74 Å². The van der Waals surface area contributed by atoms with E-state index in [0.717, 1.165) is 11.0 Å². The molecule has 3 rings (SSSR count). The van der Waals surface area contributed by atoms with Crippen molar-refractivity contribution in [2.24, 2.45) is 5.92 Å². The predicted molar refractivity (Wildman–Crippen MR) is 93.2 cm³/mol. The molecule has 26 heavy (non-hydrogen) atoms. The maximum atomic E-state index is 13.3. The molecule has 0 saturated carbocycles. The second-order valence-electron chi connectivity index (χ2n) is 6.45. The van der Waals surface area contributed by atoms with E-state index >= 15 is 0 Å². The Balaban J connectivity index is 1.68. The first kappa shape index (κ1) is 18.8. The van der Waals surface area contributed by atoms with Crippen molar-refractivity contribution in [3.8, 4) is 0 Å². The van der Waals surface area contributed by atoms with Crippen molar-refractivity contribution in [3.05, 3.63) is 29.0 Å². The summed E-state index contributed by atoms with van der Waals surface area (Å²) in [6.07, 6.45) is 1.26. The highest BCUT2D eigenvalue weighted by Gasteiger charge is 2.44. The minimum Gasteiger partial charge on any atom is -0.466 e. The number of piperidine rings is 1. The van der Waals surface area contributed by atoms with Gasteiger partial charge in [0.25, 0.3) is 5.91 Å². The van der Waals surface area contributed by atoms with Crippen molar-refractivity contribution >= 4 is 35.1 Å². The SMILES string of the molecule is CCOC(=O)C1CCN([C@H]2CC(=O)N(c3ccc(F)c(Cl)c3)C2=O)CC1. The van der Waals surface area contributed by atoms with Crippen LogP contribution in [0.15, 0.2) is 18.2 Å². The number of amides is 2. The monoisotopic (exact) mass is 382 g/mol. The second kappa shape index (κ2) is 7.72. The summed E-state index contributed by atoms with van der Waals surface area (Å²) in [6.45, 7) is 3.21. The number of halogens is 2. The first-order valence-electron chi connectivity index (χ1n) is 8.65. The van der Waals surface area contributed by atoms with Gasteiger partial charge in [-0.05, 0) is 51.1 Å². The van der Waals surface area contributed by atoms with E-state index in [4.69, 9.17) is 16.3 Å². The quantitative estimate of drug-likeness (QED) is 0.591. The van der Waals surface area contributed by atoms with Crippen molar-refractivity contribution < 1.29 is 23.5 Å². The fourth-order valence-electron chi connectivity index (χ4n) is 3.50. The number of benzene rings is 1. The van der Waals surface area contributed by atoms with Crippen molar-refractivity contribution in [2.75, 3.05) is 24.6 Å². The van der Waals surface area contributed by atoms with Gasteiger partial charge in [-0.3, -0.25) is 19.3 Å². The van der Waals surface area contributed by atoms with E-state index in [1.807, 2.05) is 4.90 Å². The van der Waals surface area contributed by atoms with Gasteiger partial charge in [0.15, 0.2) is 0 Å². The van der Waals surface area contributed by atoms with E-state index in [1.54, 1.807) is 6.92 Å². The lowest BCUT2D eigenvalue weighted by atomic mass is 9.95. The summed E-state index contributed by atoms with van der Waals surface area (Å²) in [7, 11) is 0. The number of hydrogen-bond donors (Lipinski definition) is 0. The fourth-order valence-corrected chi connectivity index (χ4v) is 3.68. The van der Waals surface area contributed by atoms with E-state index in [-0.39, 0.29) is 40.8 Å². The summed E-state index contributed by atoms with van der Waals surface area (Å²) in [4.78, 5) is 39.9. The standard InChI is InChI=1S/C18H20ClFN2O4/c1-2-26-18(25)11-5-7-21(8-6-11)15-10-16(23)22(17(15)24)12-3-4-14(20)13(19)9-12/h3-4,9,11,15H,2,5-8,10H2,1H3/t15-/m0/s1. The second-order valence-corrected chi connectivity index (χ2v) is 6.86. The normalized spacial score (nSPS) is 22.1. The van der Waals surface area contributed by atoms with Gasteiger partial charge in [-0.25, -0.2) is 9.29 Å². The Kier molecular flexibility index (Phi) is 5.58. The van der Waals surface area contributed by atoms with Gasteiger partial charge in [0, 0.05) is 0 Å². The number of esters is 1. The molecule has 0 N–H and O–H groups in total. The summed E-state index contributed by atoms with van der Waals surface area (Å²) < 4.78 is 18.4. The molecule has 1 aromatic rings. The third-order valence-electron chi connectivity index (χ3n) is 4.87. The zero-order valence-corrected chi connectivity index (χ0v) is 15.2. The number of imide groups is 1. The lowest BCUT2D eigenvalue weighted by molar-refractivity contribution is -0.149. The molecule has 0 aliphatic carbocycles. The van der Waals surface area contributed by atoms with Gasteiger partial charge in [0.05, 0.1) is 35.7 Å². The molecule has 0 bridgehead atoms. The van der Waals surface area contributed by atoms with Crippen LogP contribution in [0.2, 0.25) is 5.02 Å². The smallest absolute Gasteiger partial charge is 0.309 e. The molecule has 1 aromatic carbocycles. The molecule has 8 heteroatoms. The number of anilines is 1. The Morgan fingerprint density at radius 2 is 2.00 bits per heavy atom. The molecule has 2 saturated heterocycles. The Bertz CT molecular complexity index is 734. The number of likely N-dealkylation sites (tertiary alicyclic amines) is 1. The summed E-state index contributed by atoms with van der Waals surface area (Å²) >= 11 is 5.77. The van der Waals surface area contributed by atoms with Crippen LogP contribution in [-0.4, -0.2) is 48.4 Å². The first-order chi connectivity index (χ1) is 12.4. The van der Waals surface area contributed by atoms with Crippen molar-refractivity contribution in [1.29, 1.82) is 0 Å². The average Bonchev–Trinajstić information content (AvgIpc) is 2.92. The van der Waals surface area contributed by atoms with Crippen molar-refractivity contribution in [3.63, 3.8) is 0 Å². The summed E-state index contributed by atoms with van der Waals surface area (Å²) in [5.74, 6) is -1.65. The molecule has 2 aliphatic rings. The van der Waals surface area contributed by atoms with Crippen LogP contribution in [0, 0.1) is 11.7 Å². The van der Waals surface area contributed by atoms with Crippen molar-refractivity contribution in [2.45, 2.75) is 32.2 Å². The summed E-state index contributed by atoms with van der Waals surface area (Å²) in [5.41, 5.74) is 0.273. The number of nitrogens with zero attached hydrogens (tertiary/aromatic N) is 2. The maximum absolute atomic E-state index is 13.3. The summed E-state index contributed by atoms with van der Waals surface area (Å²) in [5, 5.41) is -0.137. The average molecular weight is 383 g/mol. The van der Waals surface area contributed by atoms with Crippen LogP contribution in [0.4, 0.5) is 10.1 Å². The highest BCUT2D eigenvalue weighted by atomic mass is 35.5. The maximum Gasteiger partial charge on any atom is 0.309 e. The Labute approximate surface area is 155 Å². The Morgan fingerprint density at radius 3 is 2.62 bits per heavy atom. The van der Waals surface area contributed by atoms with Crippen LogP contribution in [-0.2, 0) is 19.1 Å². The highest BCUT2D eigenvalue weighted by molar-refractivity contribution is 6.31. The fraction of sp³-hybridized carbons (Fsp3) is 0.500. The molecule has 0 aromatic heterocycles. The van der Waals surface area contributed by atoms with Gasteiger partial charge in [0.2, 0.25) is 5.91 Å². The van der Waals surface area contributed by atoms with Crippen LogP contribution in [0.25, 0.3) is 0 Å². The largest absolute Gasteiger partial charge is 0.466 e. The molecule has 0 spiro atoms. The molecule has 140 valence electrons. The minimum atomic E-state index is -0.605. The van der Waals surface area contributed by atoms with Gasteiger partial charge in [-0.2, -0.15) is 0 Å². The molecular formula is C18H20ClFN2O4. The zero-order chi connectivity index (χ0) is 18.8. The molecule has 0 unspecified atom stereocenters. The number of carbonyl (C=O) groups excluding carboxylic acids is 3. The molecule has 2 heterocycles. The predicted octanol–water partition coefficient (Wildman–Crippen LogP) is 2.39. The Morgan fingerprint density at radius 1 is 1.31 bits per heavy atom. The minimum absolute atomic E-state index is 0.0674. The lowest BCUT2D eigenvalue weighted by Crippen LogP contribution is -2.47. The van der Waals surface area contributed by atoms with Gasteiger partial charge in [-0.1, -0.05) is 11.6 Å². The molecule has 0 radical (unpaired) electrons. The third kappa shape index (κ3) is 3.59. The molecule has 6 nitrogen and oxygen atoms in total. The van der Waals surface area contributed by atoms with E-state index in [0.29, 0.717) is 32.5 Å². The van der Waals surface area contributed by atoms with Crippen LogP contribution in [0.3, 0.4) is 0 Å². The zero-order valence-electron chi connectivity index (χ0n) is 14.4. The summed E-state index contributed by atoms with van der Waals surface area (Å²) in [6, 6.07) is 3.22. The van der Waals surface area contributed by atoms with E-state index in [2.05, 4.69) is 0 Å². The highest BCUT2D eigenvalue weighted by Crippen LogP contribution is 2.30. The Hall–Kier alpha value is -1.99. The topological polar surface area (TPSA) is 66.9 Å². The van der Waals surface area contributed by atoms with Gasteiger partial charge >= 0.3 is 5.97 Å². The molecular weight excluding hydrogens is 363 g/mol. The first-order valence-corrected chi connectivity index (χ1v) is 9.02. The number of rotatable bonds is 4. The van der Waals surface area contributed by atoms with Crippen LogP contribution < -0.4 is 4.90 Å². The van der Waals surface area contributed by atoms with E-state index < -0.39 is 11.9 Å². The molecule has 2 aliphatic heterocycles. The number of hydrogen-bond acceptors (Lipinski definition) is 5. The van der Waals surface area contributed by atoms with Crippen LogP contribution >= 0.6 is 11.6 Å². The van der Waals surface area contributed by atoms with E-state index in [1.165, 1.54) is 12.1 Å². The van der Waals surface area contributed by atoms with E-state index in [9.17, 15) is 18.8 Å². The van der Waals surface area contributed by atoms with Gasteiger partial charge in [-0.15, -0.1) is 0 Å².